The van der Waals surface area contributed by atoms with E-state index >= 15 is 0 Å². The van der Waals surface area contributed by atoms with Crippen molar-refractivity contribution in [2.24, 2.45) is 0 Å². The minimum Gasteiger partial charge on any atom is -0.350 e. The van der Waals surface area contributed by atoms with E-state index in [1.54, 1.807) is 23.7 Å². The molecule has 0 bridgehead atoms. The molecule has 0 aliphatic carbocycles. The standard InChI is InChI=1S/C22H21N5OS2/c1-2-16-7-3-4-10-19(16)27-21(17-8-5-11-23-13-17)25-26-22(27)30-15-20(28)24-14-18-9-6-12-29-18/h3-13H,2,14-15H2,1H3,(H,24,28). The van der Waals surface area contributed by atoms with Crippen molar-refractivity contribution >= 4 is 29.0 Å². The average Bonchev–Trinajstić information content (AvgIpc) is 3.46. The molecule has 0 saturated carbocycles. The number of hydrogen-bond acceptors (Lipinski definition) is 6. The van der Waals surface area contributed by atoms with Crippen LogP contribution in [0.3, 0.4) is 0 Å². The van der Waals surface area contributed by atoms with Crippen LogP contribution < -0.4 is 5.32 Å². The molecule has 0 aliphatic heterocycles. The zero-order valence-electron chi connectivity index (χ0n) is 16.5. The molecule has 0 saturated heterocycles. The fourth-order valence-corrected chi connectivity index (χ4v) is 4.49. The van der Waals surface area contributed by atoms with Gasteiger partial charge in [-0.25, -0.2) is 0 Å². The summed E-state index contributed by atoms with van der Waals surface area (Å²) < 4.78 is 2.02. The molecule has 1 N–H and O–H groups in total. The molecule has 0 radical (unpaired) electrons. The second-order valence-electron chi connectivity index (χ2n) is 6.51. The minimum atomic E-state index is -0.0327. The van der Waals surface area contributed by atoms with Crippen molar-refractivity contribution in [1.29, 1.82) is 0 Å². The topological polar surface area (TPSA) is 72.7 Å². The fourth-order valence-electron chi connectivity index (χ4n) is 3.07. The van der Waals surface area contributed by atoms with E-state index in [0.29, 0.717) is 17.5 Å². The van der Waals surface area contributed by atoms with Gasteiger partial charge in [0.25, 0.3) is 0 Å². The van der Waals surface area contributed by atoms with Gasteiger partial charge in [0.05, 0.1) is 18.0 Å². The van der Waals surface area contributed by atoms with Crippen molar-refractivity contribution in [2.75, 3.05) is 5.75 Å². The third-order valence-electron chi connectivity index (χ3n) is 4.54. The summed E-state index contributed by atoms with van der Waals surface area (Å²) in [5.74, 6) is 0.949. The molecule has 3 aromatic heterocycles. The van der Waals surface area contributed by atoms with Crippen LogP contribution in [0.1, 0.15) is 17.4 Å². The first kappa shape index (κ1) is 20.3. The van der Waals surface area contributed by atoms with Crippen LogP contribution in [0.4, 0.5) is 0 Å². The third-order valence-corrected chi connectivity index (χ3v) is 6.34. The number of carbonyl (C=O) groups excluding carboxylic acids is 1. The molecule has 0 atom stereocenters. The van der Waals surface area contributed by atoms with Crippen LogP contribution in [0.15, 0.2) is 71.5 Å². The number of thiophene rings is 1. The van der Waals surface area contributed by atoms with Crippen LogP contribution in [-0.4, -0.2) is 31.4 Å². The smallest absolute Gasteiger partial charge is 0.230 e. The number of carbonyl (C=O) groups is 1. The van der Waals surface area contributed by atoms with Crippen LogP contribution in [0, 0.1) is 0 Å². The zero-order valence-corrected chi connectivity index (χ0v) is 18.1. The quantitative estimate of drug-likeness (QED) is 0.416. The van der Waals surface area contributed by atoms with Crippen molar-refractivity contribution in [3.63, 3.8) is 0 Å². The van der Waals surface area contributed by atoms with Gasteiger partial charge < -0.3 is 5.32 Å². The normalized spacial score (nSPS) is 10.8. The number of para-hydroxylation sites is 1. The van der Waals surface area contributed by atoms with E-state index in [1.165, 1.54) is 17.3 Å². The first-order chi connectivity index (χ1) is 14.8. The van der Waals surface area contributed by atoms with Gasteiger partial charge >= 0.3 is 0 Å². The Bertz CT molecular complexity index is 1110. The molecule has 4 rings (SSSR count). The van der Waals surface area contributed by atoms with Gasteiger partial charge in [0, 0.05) is 22.8 Å². The van der Waals surface area contributed by atoms with Gasteiger partial charge in [-0.1, -0.05) is 43.0 Å². The molecular formula is C22H21N5OS2. The van der Waals surface area contributed by atoms with Crippen molar-refractivity contribution in [2.45, 2.75) is 25.0 Å². The molecule has 30 heavy (non-hydrogen) atoms. The highest BCUT2D eigenvalue weighted by molar-refractivity contribution is 7.99. The summed E-state index contributed by atoms with van der Waals surface area (Å²) in [4.78, 5) is 17.7. The second-order valence-corrected chi connectivity index (χ2v) is 8.49. The molecular weight excluding hydrogens is 414 g/mol. The molecule has 152 valence electrons. The van der Waals surface area contributed by atoms with E-state index in [1.807, 2.05) is 46.3 Å². The van der Waals surface area contributed by atoms with Gasteiger partial charge in [-0.15, -0.1) is 21.5 Å². The highest BCUT2D eigenvalue weighted by atomic mass is 32.2. The largest absolute Gasteiger partial charge is 0.350 e. The first-order valence-electron chi connectivity index (χ1n) is 9.62. The van der Waals surface area contributed by atoms with Gasteiger partial charge in [0.15, 0.2) is 11.0 Å². The Labute approximate surface area is 183 Å². The first-order valence-corrected chi connectivity index (χ1v) is 11.5. The molecule has 0 aliphatic rings. The number of amides is 1. The van der Waals surface area contributed by atoms with E-state index in [-0.39, 0.29) is 11.7 Å². The van der Waals surface area contributed by atoms with Crippen LogP contribution in [0.5, 0.6) is 0 Å². The van der Waals surface area contributed by atoms with Crippen molar-refractivity contribution in [3.05, 3.63) is 76.7 Å². The molecule has 0 unspecified atom stereocenters. The van der Waals surface area contributed by atoms with Gasteiger partial charge in [-0.2, -0.15) is 0 Å². The van der Waals surface area contributed by atoms with Crippen LogP contribution >= 0.6 is 23.1 Å². The summed E-state index contributed by atoms with van der Waals surface area (Å²) in [6, 6.07) is 16.0. The van der Waals surface area contributed by atoms with Crippen molar-refractivity contribution in [3.8, 4) is 17.1 Å². The number of aromatic nitrogens is 4. The Kier molecular flexibility index (Phi) is 6.56. The predicted molar refractivity (Wildman–Crippen MR) is 121 cm³/mol. The third kappa shape index (κ3) is 4.60. The number of aryl methyl sites for hydroxylation is 1. The Balaban J connectivity index is 1.60. The Morgan fingerprint density at radius 2 is 2.03 bits per heavy atom. The summed E-state index contributed by atoms with van der Waals surface area (Å²) in [6.07, 6.45) is 4.39. The number of nitrogens with one attached hydrogen (secondary N) is 1. The van der Waals surface area contributed by atoms with Gasteiger partial charge in [0.1, 0.15) is 0 Å². The second kappa shape index (κ2) is 9.69. The van der Waals surface area contributed by atoms with Crippen LogP contribution in [-0.2, 0) is 17.8 Å². The Hall–Kier alpha value is -2.97. The Morgan fingerprint density at radius 3 is 2.80 bits per heavy atom. The number of thioether (sulfide) groups is 1. The number of benzene rings is 1. The molecule has 1 aromatic carbocycles. The molecule has 8 heteroatoms. The number of pyridine rings is 1. The zero-order chi connectivity index (χ0) is 20.8. The van der Waals surface area contributed by atoms with Gasteiger partial charge in [-0.3, -0.25) is 14.3 Å². The van der Waals surface area contributed by atoms with E-state index in [0.717, 1.165) is 22.5 Å². The van der Waals surface area contributed by atoms with E-state index < -0.39 is 0 Å². The lowest BCUT2D eigenvalue weighted by molar-refractivity contribution is -0.118. The molecule has 0 fully saturated rings. The summed E-state index contributed by atoms with van der Waals surface area (Å²) in [6.45, 7) is 2.67. The maximum Gasteiger partial charge on any atom is 0.230 e. The van der Waals surface area contributed by atoms with E-state index in [2.05, 4.69) is 39.6 Å². The summed E-state index contributed by atoms with van der Waals surface area (Å²) in [7, 11) is 0. The average molecular weight is 436 g/mol. The highest BCUT2D eigenvalue weighted by Gasteiger charge is 2.19. The lowest BCUT2D eigenvalue weighted by atomic mass is 10.1. The van der Waals surface area contributed by atoms with Crippen molar-refractivity contribution < 1.29 is 4.79 Å². The van der Waals surface area contributed by atoms with Crippen molar-refractivity contribution in [1.82, 2.24) is 25.1 Å². The summed E-state index contributed by atoms with van der Waals surface area (Å²) in [5.41, 5.74) is 3.08. The maximum atomic E-state index is 12.4. The molecule has 3 heterocycles. The molecule has 1 amide bonds. The Morgan fingerprint density at radius 1 is 1.13 bits per heavy atom. The summed E-state index contributed by atoms with van der Waals surface area (Å²) >= 11 is 3.01. The highest BCUT2D eigenvalue weighted by Crippen LogP contribution is 2.29. The monoisotopic (exact) mass is 435 g/mol. The summed E-state index contributed by atoms with van der Waals surface area (Å²) in [5, 5.41) is 14.5. The lowest BCUT2D eigenvalue weighted by Gasteiger charge is -2.14. The molecule has 4 aromatic rings. The molecule has 6 nitrogen and oxygen atoms in total. The van der Waals surface area contributed by atoms with Crippen LogP contribution in [0.2, 0.25) is 0 Å². The fraction of sp³-hybridized carbons (Fsp3) is 0.182. The molecule has 0 spiro atoms. The van der Waals surface area contributed by atoms with E-state index in [9.17, 15) is 4.79 Å². The predicted octanol–water partition coefficient (Wildman–Crippen LogP) is 4.36. The minimum absolute atomic E-state index is 0.0327. The lowest BCUT2D eigenvalue weighted by Crippen LogP contribution is -2.24. The maximum absolute atomic E-state index is 12.4. The van der Waals surface area contributed by atoms with E-state index in [4.69, 9.17) is 0 Å². The van der Waals surface area contributed by atoms with Gasteiger partial charge in [-0.05, 0) is 41.6 Å². The number of hydrogen-bond donors (Lipinski definition) is 1. The number of rotatable bonds is 8. The van der Waals surface area contributed by atoms with Gasteiger partial charge in [0.2, 0.25) is 5.91 Å². The SMILES string of the molecule is CCc1ccccc1-n1c(SCC(=O)NCc2cccs2)nnc1-c1cccnc1. The van der Waals surface area contributed by atoms with Crippen LogP contribution in [0.25, 0.3) is 17.1 Å². The number of nitrogens with zero attached hydrogens (tertiary/aromatic N) is 4.